The lowest BCUT2D eigenvalue weighted by Gasteiger charge is -2.13. The summed E-state index contributed by atoms with van der Waals surface area (Å²) >= 11 is 0. The molecule has 0 radical (unpaired) electrons. The van der Waals surface area contributed by atoms with Gasteiger partial charge in [0.1, 0.15) is 17.4 Å². The molecule has 1 N–H and O–H groups in total. The summed E-state index contributed by atoms with van der Waals surface area (Å²) in [5.74, 6) is 1.54. The summed E-state index contributed by atoms with van der Waals surface area (Å²) in [5.41, 5.74) is 3.29. The third kappa shape index (κ3) is 2.48. The van der Waals surface area contributed by atoms with E-state index in [4.69, 9.17) is 9.72 Å². The maximum Gasteiger partial charge on any atom is 0.253 e. The quantitative estimate of drug-likeness (QED) is 0.585. The third-order valence-electron chi connectivity index (χ3n) is 5.06. The van der Waals surface area contributed by atoms with E-state index in [1.54, 1.807) is 18.3 Å². The highest BCUT2D eigenvalue weighted by Crippen LogP contribution is 2.31. The second-order valence-electron chi connectivity index (χ2n) is 6.60. The molecule has 3 aromatic heterocycles. The van der Waals surface area contributed by atoms with Gasteiger partial charge < -0.3 is 14.6 Å². The van der Waals surface area contributed by atoms with E-state index in [2.05, 4.69) is 16.4 Å². The van der Waals surface area contributed by atoms with Crippen molar-refractivity contribution in [2.45, 2.75) is 6.54 Å². The predicted octanol–water partition coefficient (Wildman–Crippen LogP) is 2.51. The largest absolute Gasteiger partial charge is 0.495 e. The number of imidazole rings is 1. The van der Waals surface area contributed by atoms with E-state index in [1.807, 2.05) is 39.6 Å². The van der Waals surface area contributed by atoms with Crippen molar-refractivity contribution >= 4 is 16.9 Å². The fourth-order valence-electron chi connectivity index (χ4n) is 3.80. The van der Waals surface area contributed by atoms with E-state index in [0.29, 0.717) is 41.6 Å². The normalized spacial score (nSPS) is 13.0. The Balaban J connectivity index is 1.77. The minimum atomic E-state index is -0.0996. The number of rotatable bonds is 3. The van der Waals surface area contributed by atoms with Gasteiger partial charge in [-0.25, -0.2) is 9.97 Å². The maximum absolute atomic E-state index is 12.4. The van der Waals surface area contributed by atoms with Gasteiger partial charge in [-0.3, -0.25) is 9.36 Å². The van der Waals surface area contributed by atoms with Crippen LogP contribution in [0, 0.1) is 11.3 Å². The highest BCUT2D eigenvalue weighted by Gasteiger charge is 2.24. The van der Waals surface area contributed by atoms with Crippen molar-refractivity contribution in [3.8, 4) is 29.2 Å². The highest BCUT2D eigenvalue weighted by molar-refractivity contribution is 6.06. The molecular weight excluding hydrogens is 368 g/mol. The molecule has 0 bridgehead atoms. The fourth-order valence-corrected chi connectivity index (χ4v) is 3.80. The SMILES string of the molecule is COc1ccnc(-n2cccc2-c2nc3cccc4c3n2CCNC4=O)c1C#N. The number of nitriles is 1. The molecule has 5 rings (SSSR count). The van der Waals surface area contributed by atoms with Crippen LogP contribution in [0.3, 0.4) is 0 Å². The van der Waals surface area contributed by atoms with Crippen LogP contribution in [0.4, 0.5) is 0 Å². The van der Waals surface area contributed by atoms with Gasteiger partial charge in [-0.15, -0.1) is 0 Å². The van der Waals surface area contributed by atoms with Crippen molar-refractivity contribution in [3.05, 3.63) is 59.9 Å². The summed E-state index contributed by atoms with van der Waals surface area (Å²) in [7, 11) is 1.52. The number of carbonyl (C=O) groups excluding carboxylic acids is 1. The zero-order chi connectivity index (χ0) is 20.0. The second kappa shape index (κ2) is 6.49. The highest BCUT2D eigenvalue weighted by atomic mass is 16.5. The average Bonchev–Trinajstić information content (AvgIpc) is 3.33. The molecule has 0 spiro atoms. The number of para-hydroxylation sites is 1. The number of ether oxygens (including phenoxy) is 1. The minimum absolute atomic E-state index is 0.0996. The molecule has 142 valence electrons. The fraction of sp³-hybridized carbons (Fsp3) is 0.143. The molecule has 0 atom stereocenters. The molecule has 8 nitrogen and oxygen atoms in total. The lowest BCUT2D eigenvalue weighted by molar-refractivity contribution is 0.0956. The molecule has 0 fully saturated rings. The first-order valence-electron chi connectivity index (χ1n) is 9.11. The van der Waals surface area contributed by atoms with Gasteiger partial charge >= 0.3 is 0 Å². The van der Waals surface area contributed by atoms with Gasteiger partial charge in [0.25, 0.3) is 5.91 Å². The molecule has 0 saturated heterocycles. The number of hydrogen-bond donors (Lipinski definition) is 1. The summed E-state index contributed by atoms with van der Waals surface area (Å²) < 4.78 is 9.19. The zero-order valence-corrected chi connectivity index (χ0v) is 15.6. The van der Waals surface area contributed by atoms with Crippen LogP contribution in [0.25, 0.3) is 28.4 Å². The van der Waals surface area contributed by atoms with Gasteiger partial charge in [0, 0.05) is 25.5 Å². The van der Waals surface area contributed by atoms with Crippen LogP contribution in [-0.2, 0) is 6.54 Å². The first-order valence-corrected chi connectivity index (χ1v) is 9.11. The first kappa shape index (κ1) is 17.0. The Bertz CT molecular complexity index is 1310. The number of carbonyl (C=O) groups is 1. The molecule has 0 unspecified atom stereocenters. The van der Waals surface area contributed by atoms with Gasteiger partial charge in [0.15, 0.2) is 11.6 Å². The van der Waals surface area contributed by atoms with Crippen LogP contribution in [0.1, 0.15) is 15.9 Å². The Morgan fingerprint density at radius 2 is 2.14 bits per heavy atom. The van der Waals surface area contributed by atoms with Gasteiger partial charge in [-0.1, -0.05) is 6.07 Å². The van der Waals surface area contributed by atoms with Crippen molar-refractivity contribution in [3.63, 3.8) is 0 Å². The number of aromatic nitrogens is 4. The molecule has 29 heavy (non-hydrogen) atoms. The molecular formula is C21H16N6O2. The monoisotopic (exact) mass is 384 g/mol. The van der Waals surface area contributed by atoms with Gasteiger partial charge in [0.05, 0.1) is 29.4 Å². The van der Waals surface area contributed by atoms with Gasteiger partial charge in [-0.05, 0) is 30.3 Å². The number of nitrogens with zero attached hydrogens (tertiary/aromatic N) is 5. The van der Waals surface area contributed by atoms with Gasteiger partial charge in [0.2, 0.25) is 0 Å². The van der Waals surface area contributed by atoms with Crippen molar-refractivity contribution in [2.75, 3.05) is 13.7 Å². The first-order chi connectivity index (χ1) is 14.2. The van der Waals surface area contributed by atoms with Crippen molar-refractivity contribution < 1.29 is 9.53 Å². The third-order valence-corrected chi connectivity index (χ3v) is 5.06. The Labute approximate surface area is 166 Å². The lowest BCUT2D eigenvalue weighted by Crippen LogP contribution is -2.24. The van der Waals surface area contributed by atoms with E-state index >= 15 is 0 Å². The van der Waals surface area contributed by atoms with E-state index < -0.39 is 0 Å². The van der Waals surface area contributed by atoms with Crippen LogP contribution >= 0.6 is 0 Å². The standard InChI is InChI=1S/C21H16N6O2/c1-29-17-7-8-23-19(14(17)12-22)26-10-3-6-16(26)20-25-15-5-2-4-13-18(15)27(20)11-9-24-21(13)28/h2-8,10H,9,11H2,1H3,(H,24,28). The van der Waals surface area contributed by atoms with Crippen LogP contribution < -0.4 is 10.1 Å². The Kier molecular flexibility index (Phi) is 3.81. The van der Waals surface area contributed by atoms with Crippen LogP contribution in [-0.4, -0.2) is 38.7 Å². The Hall–Kier alpha value is -4.12. The predicted molar refractivity (Wildman–Crippen MR) is 106 cm³/mol. The van der Waals surface area contributed by atoms with Crippen LogP contribution in [0.15, 0.2) is 48.8 Å². The van der Waals surface area contributed by atoms with Crippen molar-refractivity contribution in [2.24, 2.45) is 0 Å². The number of amides is 1. The minimum Gasteiger partial charge on any atom is -0.495 e. The second-order valence-corrected chi connectivity index (χ2v) is 6.60. The van der Waals surface area contributed by atoms with Crippen molar-refractivity contribution in [1.82, 2.24) is 24.4 Å². The molecule has 4 heterocycles. The molecule has 1 aliphatic rings. The zero-order valence-electron chi connectivity index (χ0n) is 15.6. The van der Waals surface area contributed by atoms with Gasteiger partial charge in [-0.2, -0.15) is 5.26 Å². The molecule has 0 aliphatic carbocycles. The number of pyridine rings is 1. The summed E-state index contributed by atoms with van der Waals surface area (Å²) in [5, 5.41) is 12.6. The Morgan fingerprint density at radius 3 is 2.97 bits per heavy atom. The number of benzene rings is 1. The number of methoxy groups -OCH3 is 1. The van der Waals surface area contributed by atoms with E-state index in [9.17, 15) is 10.1 Å². The average molecular weight is 384 g/mol. The molecule has 8 heteroatoms. The van der Waals surface area contributed by atoms with Crippen LogP contribution in [0.2, 0.25) is 0 Å². The molecule has 4 aromatic rings. The maximum atomic E-state index is 12.4. The summed E-state index contributed by atoms with van der Waals surface area (Å²) in [6.45, 7) is 1.10. The van der Waals surface area contributed by atoms with Crippen molar-refractivity contribution in [1.29, 1.82) is 5.26 Å². The number of nitrogens with one attached hydrogen (secondary N) is 1. The lowest BCUT2D eigenvalue weighted by atomic mass is 10.2. The Morgan fingerprint density at radius 1 is 1.24 bits per heavy atom. The summed E-state index contributed by atoms with van der Waals surface area (Å²) in [4.78, 5) is 21.6. The molecule has 1 aliphatic heterocycles. The van der Waals surface area contributed by atoms with E-state index in [0.717, 1.165) is 16.7 Å². The molecule has 1 aromatic carbocycles. The number of hydrogen-bond acceptors (Lipinski definition) is 5. The summed E-state index contributed by atoms with van der Waals surface area (Å²) in [6, 6.07) is 13.2. The molecule has 0 saturated carbocycles. The summed E-state index contributed by atoms with van der Waals surface area (Å²) in [6.07, 6.45) is 3.45. The van der Waals surface area contributed by atoms with E-state index in [-0.39, 0.29) is 5.91 Å². The smallest absolute Gasteiger partial charge is 0.253 e. The topological polar surface area (TPSA) is 97.8 Å². The van der Waals surface area contributed by atoms with Crippen LogP contribution in [0.5, 0.6) is 5.75 Å². The van der Waals surface area contributed by atoms with E-state index in [1.165, 1.54) is 7.11 Å². The molecule has 1 amide bonds.